The SMILES string of the molecule is CCCCC(O)/C(=C/I)C(=O)c1ccccc1. The molecule has 1 aromatic rings. The van der Waals surface area contributed by atoms with E-state index in [9.17, 15) is 9.90 Å². The minimum absolute atomic E-state index is 0.0800. The second kappa shape index (κ2) is 7.61. The number of halogens is 1. The quantitative estimate of drug-likeness (QED) is 0.485. The Bertz CT molecular complexity index is 384. The summed E-state index contributed by atoms with van der Waals surface area (Å²) in [5.74, 6) is -0.0800. The van der Waals surface area contributed by atoms with Crippen molar-refractivity contribution in [3.05, 3.63) is 45.6 Å². The fourth-order valence-corrected chi connectivity index (χ4v) is 2.28. The molecule has 0 aromatic heterocycles. The maximum absolute atomic E-state index is 12.1. The van der Waals surface area contributed by atoms with E-state index >= 15 is 0 Å². The summed E-state index contributed by atoms with van der Waals surface area (Å²) in [5.41, 5.74) is 1.12. The molecular formula is C14H17IO2. The van der Waals surface area contributed by atoms with Crippen molar-refractivity contribution < 1.29 is 9.90 Å². The molecule has 0 saturated carbocycles. The number of Topliss-reactive ketones (excluding diaryl/α,β-unsaturated/α-hetero) is 1. The number of aliphatic hydroxyl groups is 1. The van der Waals surface area contributed by atoms with E-state index in [0.717, 1.165) is 12.8 Å². The topological polar surface area (TPSA) is 37.3 Å². The summed E-state index contributed by atoms with van der Waals surface area (Å²) in [6.45, 7) is 2.07. The average Bonchev–Trinajstić information content (AvgIpc) is 2.38. The molecule has 0 aliphatic carbocycles. The van der Waals surface area contributed by atoms with Gasteiger partial charge in [-0.3, -0.25) is 4.79 Å². The first kappa shape index (κ1) is 14.4. The van der Waals surface area contributed by atoms with Crippen LogP contribution < -0.4 is 0 Å². The Kier molecular flexibility index (Phi) is 6.44. The summed E-state index contributed by atoms with van der Waals surface area (Å²) in [6, 6.07) is 9.08. The summed E-state index contributed by atoms with van der Waals surface area (Å²) in [6.07, 6.45) is 1.94. The van der Waals surface area contributed by atoms with Crippen molar-refractivity contribution in [1.82, 2.24) is 0 Å². The van der Waals surface area contributed by atoms with Gasteiger partial charge in [0.15, 0.2) is 5.78 Å². The number of hydrogen-bond donors (Lipinski definition) is 1. The number of rotatable bonds is 6. The molecule has 1 atom stereocenters. The lowest BCUT2D eigenvalue weighted by Gasteiger charge is -2.13. The molecule has 0 heterocycles. The van der Waals surface area contributed by atoms with E-state index in [1.165, 1.54) is 0 Å². The third-order valence-corrected chi connectivity index (χ3v) is 3.28. The lowest BCUT2D eigenvalue weighted by Crippen LogP contribution is -2.18. The predicted molar refractivity (Wildman–Crippen MR) is 78.4 cm³/mol. The molecule has 17 heavy (non-hydrogen) atoms. The fraction of sp³-hybridized carbons (Fsp3) is 0.357. The highest BCUT2D eigenvalue weighted by atomic mass is 127. The van der Waals surface area contributed by atoms with Crippen LogP contribution in [0.3, 0.4) is 0 Å². The van der Waals surface area contributed by atoms with E-state index in [2.05, 4.69) is 6.92 Å². The zero-order chi connectivity index (χ0) is 12.7. The highest BCUT2D eigenvalue weighted by molar-refractivity contribution is 14.1. The van der Waals surface area contributed by atoms with Crippen molar-refractivity contribution >= 4 is 28.4 Å². The molecule has 1 N–H and O–H groups in total. The minimum atomic E-state index is -0.653. The monoisotopic (exact) mass is 344 g/mol. The number of benzene rings is 1. The second-order valence-corrected chi connectivity index (χ2v) is 4.54. The van der Waals surface area contributed by atoms with E-state index in [4.69, 9.17) is 0 Å². The summed E-state index contributed by atoms with van der Waals surface area (Å²) in [7, 11) is 0. The van der Waals surface area contributed by atoms with Gasteiger partial charge >= 0.3 is 0 Å². The Morgan fingerprint density at radius 3 is 2.59 bits per heavy atom. The van der Waals surface area contributed by atoms with Gasteiger partial charge in [-0.1, -0.05) is 72.7 Å². The number of hydrogen-bond acceptors (Lipinski definition) is 2. The van der Waals surface area contributed by atoms with Crippen molar-refractivity contribution in [3.63, 3.8) is 0 Å². The van der Waals surface area contributed by atoms with Crippen molar-refractivity contribution in [1.29, 1.82) is 0 Å². The molecular weight excluding hydrogens is 327 g/mol. The van der Waals surface area contributed by atoms with Gasteiger partial charge in [-0.25, -0.2) is 0 Å². The van der Waals surface area contributed by atoms with E-state index in [0.29, 0.717) is 17.6 Å². The smallest absolute Gasteiger partial charge is 0.192 e. The lowest BCUT2D eigenvalue weighted by molar-refractivity contribution is 0.0982. The van der Waals surface area contributed by atoms with Gasteiger partial charge in [0.25, 0.3) is 0 Å². The second-order valence-electron chi connectivity index (χ2n) is 3.92. The third kappa shape index (κ3) is 4.24. The van der Waals surface area contributed by atoms with Crippen molar-refractivity contribution in [2.45, 2.75) is 32.3 Å². The van der Waals surface area contributed by atoms with Gasteiger partial charge in [0.2, 0.25) is 0 Å². The van der Waals surface area contributed by atoms with Crippen LogP contribution in [0.1, 0.15) is 36.5 Å². The average molecular weight is 344 g/mol. The Hall–Kier alpha value is -0.680. The van der Waals surface area contributed by atoms with Crippen LogP contribution in [0, 0.1) is 0 Å². The normalized spacial score (nSPS) is 13.5. The Labute approximate surface area is 116 Å². The Morgan fingerprint density at radius 2 is 2.06 bits per heavy atom. The first-order chi connectivity index (χ1) is 8.20. The van der Waals surface area contributed by atoms with Crippen LogP contribution in [-0.4, -0.2) is 17.0 Å². The molecule has 0 aliphatic rings. The van der Waals surface area contributed by atoms with Crippen LogP contribution in [0.25, 0.3) is 0 Å². The molecule has 0 amide bonds. The van der Waals surface area contributed by atoms with Crippen LogP contribution in [-0.2, 0) is 0 Å². The summed E-state index contributed by atoms with van der Waals surface area (Å²) in [4.78, 5) is 12.1. The highest BCUT2D eigenvalue weighted by Gasteiger charge is 2.18. The summed E-state index contributed by atoms with van der Waals surface area (Å²) >= 11 is 2.02. The molecule has 1 unspecified atom stereocenters. The van der Waals surface area contributed by atoms with Gasteiger partial charge in [0.1, 0.15) is 0 Å². The van der Waals surface area contributed by atoms with Crippen molar-refractivity contribution in [3.8, 4) is 0 Å². The minimum Gasteiger partial charge on any atom is -0.388 e. The van der Waals surface area contributed by atoms with Gasteiger partial charge in [-0.15, -0.1) is 0 Å². The van der Waals surface area contributed by atoms with Crippen LogP contribution in [0.5, 0.6) is 0 Å². The molecule has 0 fully saturated rings. The molecule has 2 nitrogen and oxygen atoms in total. The van der Waals surface area contributed by atoms with Gasteiger partial charge in [-0.2, -0.15) is 0 Å². The Balaban J connectivity index is 2.79. The largest absolute Gasteiger partial charge is 0.388 e. The molecule has 1 aromatic carbocycles. The van der Waals surface area contributed by atoms with E-state index in [1.54, 1.807) is 16.2 Å². The number of ketones is 1. The molecule has 92 valence electrons. The summed E-state index contributed by atoms with van der Waals surface area (Å²) < 4.78 is 1.69. The van der Waals surface area contributed by atoms with Gasteiger partial charge < -0.3 is 5.11 Å². The van der Waals surface area contributed by atoms with E-state index in [-0.39, 0.29) is 5.78 Å². The van der Waals surface area contributed by atoms with E-state index < -0.39 is 6.10 Å². The van der Waals surface area contributed by atoms with Crippen LogP contribution in [0.2, 0.25) is 0 Å². The van der Waals surface area contributed by atoms with Gasteiger partial charge in [0, 0.05) is 11.1 Å². The number of carbonyl (C=O) groups excluding carboxylic acids is 1. The van der Waals surface area contributed by atoms with Gasteiger partial charge in [0.05, 0.1) is 6.10 Å². The number of unbranched alkanes of at least 4 members (excludes halogenated alkanes) is 1. The van der Waals surface area contributed by atoms with Crippen molar-refractivity contribution in [2.75, 3.05) is 0 Å². The molecule has 0 spiro atoms. The molecule has 0 saturated heterocycles. The maximum Gasteiger partial charge on any atom is 0.192 e. The van der Waals surface area contributed by atoms with Crippen LogP contribution >= 0.6 is 22.6 Å². The molecule has 1 rings (SSSR count). The predicted octanol–water partition coefficient (Wildman–Crippen LogP) is 3.74. The fourth-order valence-electron chi connectivity index (χ4n) is 1.58. The zero-order valence-electron chi connectivity index (χ0n) is 9.90. The van der Waals surface area contributed by atoms with Gasteiger partial charge in [-0.05, 0) is 10.5 Å². The third-order valence-electron chi connectivity index (χ3n) is 2.61. The summed E-state index contributed by atoms with van der Waals surface area (Å²) in [5, 5.41) is 9.98. The zero-order valence-corrected chi connectivity index (χ0v) is 12.1. The highest BCUT2D eigenvalue weighted by Crippen LogP contribution is 2.17. The standard InChI is InChI=1S/C14H17IO2/c1-2-3-9-13(16)12(10-15)14(17)11-7-5-4-6-8-11/h4-8,10,13,16H,2-3,9H2,1H3/b12-10-. The number of aliphatic hydroxyl groups excluding tert-OH is 1. The van der Waals surface area contributed by atoms with Crippen LogP contribution in [0.15, 0.2) is 40.0 Å². The first-order valence-corrected chi connectivity index (χ1v) is 7.03. The van der Waals surface area contributed by atoms with Crippen LogP contribution in [0.4, 0.5) is 0 Å². The van der Waals surface area contributed by atoms with E-state index in [1.807, 2.05) is 40.8 Å². The maximum atomic E-state index is 12.1. The molecule has 0 aliphatic heterocycles. The molecule has 3 heteroatoms. The first-order valence-electron chi connectivity index (χ1n) is 5.78. The molecule has 0 radical (unpaired) electrons. The Morgan fingerprint density at radius 1 is 1.41 bits per heavy atom. The van der Waals surface area contributed by atoms with Crippen molar-refractivity contribution in [2.24, 2.45) is 0 Å². The lowest BCUT2D eigenvalue weighted by atomic mass is 9.97. The molecule has 0 bridgehead atoms. The number of carbonyl (C=O) groups is 1.